The first-order chi connectivity index (χ1) is 18.8. The van der Waals surface area contributed by atoms with Crippen molar-refractivity contribution in [1.29, 1.82) is 0 Å². The van der Waals surface area contributed by atoms with Crippen LogP contribution in [0.25, 0.3) is 6.08 Å². The smallest absolute Gasteiger partial charge is 0.338 e. The van der Waals surface area contributed by atoms with E-state index in [1.165, 1.54) is 23.1 Å². The fourth-order valence-electron chi connectivity index (χ4n) is 4.31. The van der Waals surface area contributed by atoms with Gasteiger partial charge < -0.3 is 13.9 Å². The molecule has 4 aromatic rings. The second-order valence-corrected chi connectivity index (χ2v) is 11.2. The van der Waals surface area contributed by atoms with Gasteiger partial charge in [-0.05, 0) is 69.7 Å². The molecule has 0 unspecified atom stereocenters. The molecule has 1 atom stereocenters. The zero-order valence-corrected chi connectivity index (χ0v) is 23.7. The van der Waals surface area contributed by atoms with E-state index in [4.69, 9.17) is 13.9 Å². The van der Waals surface area contributed by atoms with Gasteiger partial charge in [0.25, 0.3) is 5.56 Å². The lowest BCUT2D eigenvalue weighted by molar-refractivity contribution is -0.139. The van der Waals surface area contributed by atoms with E-state index in [1.54, 1.807) is 24.5 Å². The Bertz CT molecular complexity index is 1700. The molecule has 0 saturated carbocycles. The van der Waals surface area contributed by atoms with Crippen LogP contribution in [0.5, 0.6) is 5.75 Å². The van der Waals surface area contributed by atoms with E-state index in [0.29, 0.717) is 32.1 Å². The molecule has 0 spiro atoms. The molecule has 2 aromatic carbocycles. The number of benzene rings is 2. The molecule has 0 saturated heterocycles. The van der Waals surface area contributed by atoms with Gasteiger partial charge in [0, 0.05) is 11.0 Å². The van der Waals surface area contributed by atoms with Gasteiger partial charge in [-0.15, -0.1) is 0 Å². The first-order valence-corrected chi connectivity index (χ1v) is 14.3. The van der Waals surface area contributed by atoms with Crippen LogP contribution in [-0.4, -0.2) is 23.2 Å². The number of hydrogen-bond donors (Lipinski definition) is 0. The van der Waals surface area contributed by atoms with Crippen molar-refractivity contribution in [2.24, 2.45) is 4.99 Å². The molecule has 1 aliphatic rings. The van der Waals surface area contributed by atoms with Crippen LogP contribution in [0.1, 0.15) is 45.1 Å². The fraction of sp³-hybridized carbons (Fsp3) is 0.233. The molecule has 0 amide bonds. The number of esters is 1. The number of fused-ring (bicyclic) bond motifs is 1. The van der Waals surface area contributed by atoms with Crippen molar-refractivity contribution in [2.75, 3.05) is 6.61 Å². The van der Waals surface area contributed by atoms with Crippen LogP contribution in [0.3, 0.4) is 0 Å². The molecule has 39 heavy (non-hydrogen) atoms. The predicted octanol–water partition coefficient (Wildman–Crippen LogP) is 5.33. The van der Waals surface area contributed by atoms with E-state index in [2.05, 4.69) is 4.99 Å². The topological polar surface area (TPSA) is 83.0 Å². The van der Waals surface area contributed by atoms with Crippen molar-refractivity contribution in [3.63, 3.8) is 0 Å². The largest absolute Gasteiger partial charge is 0.491 e. The number of furan rings is 1. The quantitative estimate of drug-likeness (QED) is 0.271. The highest BCUT2D eigenvalue weighted by molar-refractivity contribution is 7.99. The van der Waals surface area contributed by atoms with Crippen LogP contribution in [0.4, 0.5) is 0 Å². The van der Waals surface area contributed by atoms with Gasteiger partial charge in [0.15, 0.2) is 9.89 Å². The highest BCUT2D eigenvalue weighted by Gasteiger charge is 2.33. The number of allylic oxidation sites excluding steroid dienone is 1. The lowest BCUT2D eigenvalue weighted by Crippen LogP contribution is -2.39. The first kappa shape index (κ1) is 26.8. The highest BCUT2D eigenvalue weighted by atomic mass is 32.2. The van der Waals surface area contributed by atoms with Gasteiger partial charge in [0.2, 0.25) is 0 Å². The van der Waals surface area contributed by atoms with Gasteiger partial charge in [-0.3, -0.25) is 9.36 Å². The van der Waals surface area contributed by atoms with Crippen molar-refractivity contribution in [3.8, 4) is 5.75 Å². The van der Waals surface area contributed by atoms with Crippen LogP contribution < -0.4 is 19.6 Å². The van der Waals surface area contributed by atoms with E-state index < -0.39 is 12.0 Å². The molecule has 7 nitrogen and oxygen atoms in total. The van der Waals surface area contributed by atoms with Crippen LogP contribution in [-0.2, 0) is 9.53 Å². The van der Waals surface area contributed by atoms with Gasteiger partial charge in [-0.25, -0.2) is 9.79 Å². The standard InChI is InChI=1S/C30H28N2O5S2/c1-5-35-29(34)26-19(4)31-30-32(27(26)20-11-13-21(14-12-20)36-18(2)3)28(33)24(39-30)17-22-15-16-25(37-22)38-23-9-7-6-8-10-23/h6-18,27H,5H2,1-4H3/b24-17+/t27-/m1/s1. The third-order valence-corrected chi connectivity index (χ3v) is 7.83. The van der Waals surface area contributed by atoms with E-state index in [1.807, 2.05) is 80.6 Å². The maximum Gasteiger partial charge on any atom is 0.338 e. The number of carbonyl (C=O) groups excluding carboxylic acids is 1. The van der Waals surface area contributed by atoms with Crippen molar-refractivity contribution in [2.45, 2.75) is 49.8 Å². The maximum absolute atomic E-state index is 13.8. The summed E-state index contributed by atoms with van der Waals surface area (Å²) in [5.74, 6) is 0.780. The number of rotatable bonds is 8. The molecule has 3 heterocycles. The van der Waals surface area contributed by atoms with Crippen LogP contribution >= 0.6 is 23.1 Å². The average Bonchev–Trinajstić information content (AvgIpc) is 3.47. The molecule has 9 heteroatoms. The molecule has 1 aliphatic heterocycles. The van der Waals surface area contributed by atoms with Crippen LogP contribution in [0.15, 0.2) is 102 Å². The molecule has 2 aromatic heterocycles. The van der Waals surface area contributed by atoms with Crippen molar-refractivity contribution >= 4 is 35.1 Å². The highest BCUT2D eigenvalue weighted by Crippen LogP contribution is 2.32. The second kappa shape index (κ2) is 11.5. The summed E-state index contributed by atoms with van der Waals surface area (Å²) in [4.78, 5) is 33.1. The molecule has 5 rings (SSSR count). The van der Waals surface area contributed by atoms with Gasteiger partial charge in [0.05, 0.1) is 34.6 Å². The monoisotopic (exact) mass is 560 g/mol. The van der Waals surface area contributed by atoms with E-state index in [9.17, 15) is 9.59 Å². The zero-order chi connectivity index (χ0) is 27.5. The summed E-state index contributed by atoms with van der Waals surface area (Å²) in [5, 5.41) is 0.724. The fourth-order valence-corrected chi connectivity index (χ4v) is 6.13. The van der Waals surface area contributed by atoms with Gasteiger partial charge in [-0.2, -0.15) is 0 Å². The SMILES string of the molecule is CCOC(=O)C1=C(C)N=c2s/c(=C/c3ccc(Sc4ccccc4)o3)c(=O)n2[C@@H]1c1ccc(OC(C)C)cc1. The number of ether oxygens (including phenoxy) is 2. The van der Waals surface area contributed by atoms with E-state index in [0.717, 1.165) is 15.6 Å². The van der Waals surface area contributed by atoms with Gasteiger partial charge in [0.1, 0.15) is 11.5 Å². The second-order valence-electron chi connectivity index (χ2n) is 9.11. The van der Waals surface area contributed by atoms with E-state index in [-0.39, 0.29) is 18.3 Å². The maximum atomic E-state index is 13.8. The number of thiazole rings is 1. The molecular formula is C30H28N2O5S2. The predicted molar refractivity (Wildman–Crippen MR) is 152 cm³/mol. The van der Waals surface area contributed by atoms with Gasteiger partial charge in [-0.1, -0.05) is 53.4 Å². The Hall–Kier alpha value is -3.82. The lowest BCUT2D eigenvalue weighted by Gasteiger charge is -2.25. The van der Waals surface area contributed by atoms with Gasteiger partial charge >= 0.3 is 5.97 Å². The minimum Gasteiger partial charge on any atom is -0.491 e. The number of aromatic nitrogens is 1. The Morgan fingerprint density at radius 1 is 1.13 bits per heavy atom. The Balaban J connectivity index is 1.56. The molecule has 200 valence electrons. The Labute approximate surface area is 234 Å². The summed E-state index contributed by atoms with van der Waals surface area (Å²) in [5.41, 5.74) is 1.37. The van der Waals surface area contributed by atoms with Crippen molar-refractivity contribution in [1.82, 2.24) is 4.57 Å². The number of hydrogen-bond acceptors (Lipinski definition) is 8. The van der Waals surface area contributed by atoms with Crippen LogP contribution in [0.2, 0.25) is 0 Å². The zero-order valence-electron chi connectivity index (χ0n) is 22.0. The molecule has 0 aliphatic carbocycles. The molecule has 0 bridgehead atoms. The third-order valence-electron chi connectivity index (χ3n) is 5.92. The van der Waals surface area contributed by atoms with Crippen LogP contribution in [0, 0.1) is 0 Å². The average molecular weight is 561 g/mol. The molecule has 0 fully saturated rings. The Kier molecular flexibility index (Phi) is 7.90. The minimum atomic E-state index is -0.684. The summed E-state index contributed by atoms with van der Waals surface area (Å²) in [6.45, 7) is 7.66. The summed E-state index contributed by atoms with van der Waals surface area (Å²) in [6, 6.07) is 20.4. The molecule has 0 N–H and O–H groups in total. The molecular weight excluding hydrogens is 532 g/mol. The Morgan fingerprint density at radius 3 is 2.56 bits per heavy atom. The summed E-state index contributed by atoms with van der Waals surface area (Å²) < 4.78 is 19.2. The van der Waals surface area contributed by atoms with Crippen molar-refractivity contribution < 1.29 is 18.7 Å². The summed E-state index contributed by atoms with van der Waals surface area (Å²) >= 11 is 2.77. The van der Waals surface area contributed by atoms with Crippen molar-refractivity contribution in [3.05, 3.63) is 109 Å². The van der Waals surface area contributed by atoms with E-state index >= 15 is 0 Å². The normalized spacial score (nSPS) is 15.3. The molecule has 0 radical (unpaired) electrons. The summed E-state index contributed by atoms with van der Waals surface area (Å²) in [7, 11) is 0. The number of nitrogens with zero attached hydrogens (tertiary/aromatic N) is 2. The number of carbonyl (C=O) groups is 1. The lowest BCUT2D eigenvalue weighted by atomic mass is 9.96. The Morgan fingerprint density at radius 2 is 1.87 bits per heavy atom. The minimum absolute atomic E-state index is 0.0268. The third kappa shape index (κ3) is 5.79. The first-order valence-electron chi connectivity index (χ1n) is 12.6. The summed E-state index contributed by atoms with van der Waals surface area (Å²) in [6.07, 6.45) is 1.75.